The fourth-order valence-electron chi connectivity index (χ4n) is 1.10. The molecule has 58 valence electrons. The molecule has 0 spiro atoms. The highest BCUT2D eigenvalue weighted by Gasteiger charge is 1.90. The van der Waals surface area contributed by atoms with E-state index in [4.69, 9.17) is 0 Å². The van der Waals surface area contributed by atoms with Gasteiger partial charge in [-0.05, 0) is 32.0 Å². The number of hydrogen-bond acceptors (Lipinski definition) is 2. The van der Waals surface area contributed by atoms with Crippen molar-refractivity contribution in [1.29, 1.82) is 0 Å². The van der Waals surface area contributed by atoms with Crippen LogP contribution in [0.5, 0.6) is 0 Å². The van der Waals surface area contributed by atoms with Crippen LogP contribution in [0.25, 0.3) is 0 Å². The third-order valence-corrected chi connectivity index (χ3v) is 1.72. The first kappa shape index (κ1) is 7.73. The molecule has 2 heteroatoms. The molecule has 1 aliphatic rings. The molecule has 0 aliphatic carbocycles. The maximum Gasteiger partial charge on any atom is 0.0385 e. The summed E-state index contributed by atoms with van der Waals surface area (Å²) in [5.41, 5.74) is 0. The minimum absolute atomic E-state index is 1.04. The molecule has 1 heterocycles. The molecule has 0 radical (unpaired) electrons. The Bertz CT molecular complexity index is 87.4. The summed E-state index contributed by atoms with van der Waals surface area (Å²) >= 11 is 0. The van der Waals surface area contributed by atoms with Gasteiger partial charge in [-0.2, -0.15) is 0 Å². The molecule has 0 amide bonds. The van der Waals surface area contributed by atoms with Gasteiger partial charge in [-0.25, -0.2) is 0 Å². The van der Waals surface area contributed by atoms with Crippen molar-refractivity contribution in [2.75, 3.05) is 19.6 Å². The lowest BCUT2D eigenvalue weighted by Gasteiger charge is -2.03. The highest BCUT2D eigenvalue weighted by molar-refractivity contribution is 5.57. The van der Waals surface area contributed by atoms with Gasteiger partial charge in [0.05, 0.1) is 0 Å². The van der Waals surface area contributed by atoms with Gasteiger partial charge in [0.25, 0.3) is 0 Å². The van der Waals surface area contributed by atoms with Gasteiger partial charge in [-0.1, -0.05) is 6.42 Å². The number of nitrogens with one attached hydrogen (secondary N) is 1. The predicted octanol–water partition coefficient (Wildman–Crippen LogP) is 1.22. The van der Waals surface area contributed by atoms with E-state index in [1.165, 1.54) is 25.8 Å². The maximum atomic E-state index is 4.27. The van der Waals surface area contributed by atoms with Crippen molar-refractivity contribution in [3.05, 3.63) is 0 Å². The average molecular weight is 140 g/mol. The molecule has 0 saturated heterocycles. The minimum Gasteiger partial charge on any atom is -0.316 e. The molecule has 0 aromatic heterocycles. The number of hydrogen-bond donors (Lipinski definition) is 1. The van der Waals surface area contributed by atoms with Gasteiger partial charge < -0.3 is 5.32 Å². The second-order valence-corrected chi connectivity index (χ2v) is 2.69. The van der Waals surface area contributed by atoms with Crippen molar-refractivity contribution >= 4 is 6.21 Å². The molecular weight excluding hydrogens is 124 g/mol. The second kappa shape index (κ2) is 5.42. The van der Waals surface area contributed by atoms with Crippen LogP contribution < -0.4 is 5.32 Å². The highest BCUT2D eigenvalue weighted by Crippen LogP contribution is 1.95. The average Bonchev–Trinajstić information content (AvgIpc) is 2.01. The predicted molar refractivity (Wildman–Crippen MR) is 44.7 cm³/mol. The Morgan fingerprint density at radius 1 is 1.10 bits per heavy atom. The Kier molecular flexibility index (Phi) is 4.19. The maximum absolute atomic E-state index is 4.27. The summed E-state index contributed by atoms with van der Waals surface area (Å²) in [7, 11) is 0. The standard InChI is InChI=1S/C8H16N2/c1-2-5-9-7-4-8-10-6-3-1/h7,10H,1-6,8H2/b9-7-. The number of rotatable bonds is 0. The van der Waals surface area contributed by atoms with E-state index in [2.05, 4.69) is 10.3 Å². The molecule has 0 fully saturated rings. The monoisotopic (exact) mass is 140 g/mol. The normalized spacial score (nSPS) is 25.6. The van der Waals surface area contributed by atoms with E-state index in [0.29, 0.717) is 0 Å². The van der Waals surface area contributed by atoms with Crippen molar-refractivity contribution in [2.24, 2.45) is 4.99 Å². The van der Waals surface area contributed by atoms with E-state index in [9.17, 15) is 0 Å². The van der Waals surface area contributed by atoms with E-state index >= 15 is 0 Å². The van der Waals surface area contributed by atoms with Crippen molar-refractivity contribution in [2.45, 2.75) is 25.7 Å². The Morgan fingerprint density at radius 3 is 3.10 bits per heavy atom. The quantitative estimate of drug-likeness (QED) is 0.537. The van der Waals surface area contributed by atoms with Crippen LogP contribution >= 0.6 is 0 Å². The molecule has 0 atom stereocenters. The largest absolute Gasteiger partial charge is 0.316 e. The molecule has 0 unspecified atom stereocenters. The molecule has 0 aromatic carbocycles. The Morgan fingerprint density at radius 2 is 2.10 bits per heavy atom. The van der Waals surface area contributed by atoms with Crippen molar-refractivity contribution in [1.82, 2.24) is 5.32 Å². The summed E-state index contributed by atoms with van der Waals surface area (Å²) in [6.45, 7) is 3.33. The second-order valence-electron chi connectivity index (χ2n) is 2.69. The molecule has 0 aromatic rings. The van der Waals surface area contributed by atoms with Crippen LogP contribution in [-0.2, 0) is 0 Å². The van der Waals surface area contributed by atoms with E-state index in [1.54, 1.807) is 0 Å². The number of aliphatic imine (C=N–C) groups is 1. The van der Waals surface area contributed by atoms with Gasteiger partial charge in [0.2, 0.25) is 0 Å². The molecule has 0 bridgehead atoms. The first-order chi connectivity index (χ1) is 5.00. The first-order valence-electron chi connectivity index (χ1n) is 4.19. The third kappa shape index (κ3) is 3.62. The molecule has 10 heavy (non-hydrogen) atoms. The molecule has 2 nitrogen and oxygen atoms in total. The Labute approximate surface area is 62.7 Å². The first-order valence-corrected chi connectivity index (χ1v) is 4.19. The van der Waals surface area contributed by atoms with Gasteiger partial charge in [0.15, 0.2) is 0 Å². The zero-order valence-electron chi connectivity index (χ0n) is 6.47. The molecule has 1 rings (SSSR count). The van der Waals surface area contributed by atoms with Crippen molar-refractivity contribution in [3.8, 4) is 0 Å². The smallest absolute Gasteiger partial charge is 0.0385 e. The zero-order chi connectivity index (χ0) is 7.07. The van der Waals surface area contributed by atoms with E-state index in [0.717, 1.165) is 19.5 Å². The van der Waals surface area contributed by atoms with E-state index < -0.39 is 0 Å². The van der Waals surface area contributed by atoms with Gasteiger partial charge in [0, 0.05) is 13.1 Å². The fraction of sp³-hybridized carbons (Fsp3) is 0.875. The minimum atomic E-state index is 1.04. The number of nitrogens with zero attached hydrogens (tertiary/aromatic N) is 1. The van der Waals surface area contributed by atoms with Crippen LogP contribution in [0.15, 0.2) is 4.99 Å². The topological polar surface area (TPSA) is 24.4 Å². The third-order valence-electron chi connectivity index (χ3n) is 1.72. The van der Waals surface area contributed by atoms with Gasteiger partial charge in [0.1, 0.15) is 0 Å². The van der Waals surface area contributed by atoms with Crippen LogP contribution in [0.2, 0.25) is 0 Å². The lowest BCUT2D eigenvalue weighted by molar-refractivity contribution is 0.608. The highest BCUT2D eigenvalue weighted by atomic mass is 14.8. The van der Waals surface area contributed by atoms with Crippen LogP contribution in [0.4, 0.5) is 0 Å². The molecule has 1 N–H and O–H groups in total. The summed E-state index contributed by atoms with van der Waals surface area (Å²) in [5, 5.41) is 3.36. The van der Waals surface area contributed by atoms with Crippen LogP contribution in [-0.4, -0.2) is 25.8 Å². The molecular formula is C8H16N2. The lowest BCUT2D eigenvalue weighted by Crippen LogP contribution is -2.17. The Hall–Kier alpha value is -0.370. The summed E-state index contributed by atoms with van der Waals surface area (Å²) in [6, 6.07) is 0. The summed E-state index contributed by atoms with van der Waals surface area (Å²) in [6.07, 6.45) is 7.04. The van der Waals surface area contributed by atoms with Crippen molar-refractivity contribution < 1.29 is 0 Å². The molecule has 1 aliphatic heterocycles. The van der Waals surface area contributed by atoms with Gasteiger partial charge >= 0.3 is 0 Å². The van der Waals surface area contributed by atoms with E-state index in [1.807, 2.05) is 6.21 Å². The van der Waals surface area contributed by atoms with Crippen LogP contribution in [0, 0.1) is 0 Å². The summed E-state index contributed by atoms with van der Waals surface area (Å²) < 4.78 is 0. The van der Waals surface area contributed by atoms with Crippen LogP contribution in [0.1, 0.15) is 25.7 Å². The van der Waals surface area contributed by atoms with Crippen LogP contribution in [0.3, 0.4) is 0 Å². The Balaban J connectivity index is 2.13. The summed E-state index contributed by atoms with van der Waals surface area (Å²) in [5.74, 6) is 0. The summed E-state index contributed by atoms with van der Waals surface area (Å²) in [4.78, 5) is 4.27. The van der Waals surface area contributed by atoms with Gasteiger partial charge in [-0.15, -0.1) is 0 Å². The SMILES string of the molecule is C1=N\CCCCCNCC/1. The zero-order valence-corrected chi connectivity index (χ0v) is 6.47. The fourth-order valence-corrected chi connectivity index (χ4v) is 1.10. The lowest BCUT2D eigenvalue weighted by atomic mass is 10.2. The van der Waals surface area contributed by atoms with E-state index in [-0.39, 0.29) is 0 Å². The van der Waals surface area contributed by atoms with Gasteiger partial charge in [-0.3, -0.25) is 4.99 Å². The molecule has 0 saturated carbocycles. The van der Waals surface area contributed by atoms with Crippen molar-refractivity contribution in [3.63, 3.8) is 0 Å².